The van der Waals surface area contributed by atoms with Gasteiger partial charge in [0.2, 0.25) is 11.8 Å². The number of rotatable bonds is 6. The largest absolute Gasteiger partial charge is 0.326 e. The van der Waals surface area contributed by atoms with E-state index in [2.05, 4.69) is 20.9 Å². The Bertz CT molecular complexity index is 1050. The highest BCUT2D eigenvalue weighted by Gasteiger charge is 2.12. The number of hydrogen-bond acceptors (Lipinski definition) is 5. The number of hydrogen-bond donors (Lipinski definition) is 3. The lowest BCUT2D eigenvalue weighted by atomic mass is 10.1. The first-order valence-corrected chi connectivity index (χ1v) is 9.77. The number of amides is 3. The van der Waals surface area contributed by atoms with Gasteiger partial charge >= 0.3 is 0 Å². The highest BCUT2D eigenvalue weighted by molar-refractivity contribution is 7.14. The fourth-order valence-electron chi connectivity index (χ4n) is 2.60. The van der Waals surface area contributed by atoms with Crippen molar-refractivity contribution in [3.8, 4) is 0 Å². The molecule has 0 atom stereocenters. The van der Waals surface area contributed by atoms with Gasteiger partial charge in [0, 0.05) is 29.2 Å². The highest BCUT2D eigenvalue weighted by Crippen LogP contribution is 2.21. The molecule has 0 aliphatic heterocycles. The molecule has 29 heavy (non-hydrogen) atoms. The SMILES string of the molecule is CC(=O)Nc1ccc(C)c(NC(=O)Cc2csc(NC(=O)c3ccccc3)n2)c1. The first-order valence-electron chi connectivity index (χ1n) is 8.89. The van der Waals surface area contributed by atoms with Gasteiger partial charge in [-0.2, -0.15) is 0 Å². The predicted octanol–water partition coefficient (Wildman–Crippen LogP) is 3.84. The quantitative estimate of drug-likeness (QED) is 0.577. The molecule has 3 amide bonds. The summed E-state index contributed by atoms with van der Waals surface area (Å²) in [5.41, 5.74) is 3.21. The molecule has 3 rings (SSSR count). The van der Waals surface area contributed by atoms with E-state index in [4.69, 9.17) is 0 Å². The molecule has 0 unspecified atom stereocenters. The second-order valence-electron chi connectivity index (χ2n) is 6.40. The van der Waals surface area contributed by atoms with E-state index in [-0.39, 0.29) is 24.1 Å². The molecular formula is C21H20N4O3S. The van der Waals surface area contributed by atoms with Crippen LogP contribution in [0.25, 0.3) is 0 Å². The van der Waals surface area contributed by atoms with Gasteiger partial charge < -0.3 is 10.6 Å². The van der Waals surface area contributed by atoms with Crippen molar-refractivity contribution in [2.45, 2.75) is 20.3 Å². The molecule has 0 saturated heterocycles. The number of nitrogens with zero attached hydrogens (tertiary/aromatic N) is 1. The summed E-state index contributed by atoms with van der Waals surface area (Å²) in [5, 5.41) is 10.4. The number of carbonyl (C=O) groups excluding carboxylic acids is 3. The molecule has 3 aromatic rings. The van der Waals surface area contributed by atoms with E-state index in [1.807, 2.05) is 19.1 Å². The van der Waals surface area contributed by atoms with Crippen LogP contribution in [-0.4, -0.2) is 22.7 Å². The van der Waals surface area contributed by atoms with E-state index in [1.54, 1.807) is 41.8 Å². The molecule has 0 aliphatic rings. The van der Waals surface area contributed by atoms with Crippen LogP contribution in [0.15, 0.2) is 53.9 Å². The smallest absolute Gasteiger partial charge is 0.257 e. The molecule has 0 fully saturated rings. The lowest BCUT2D eigenvalue weighted by Crippen LogP contribution is -2.16. The predicted molar refractivity (Wildman–Crippen MR) is 114 cm³/mol. The van der Waals surface area contributed by atoms with Crippen molar-refractivity contribution >= 4 is 45.6 Å². The Morgan fingerprint density at radius 3 is 2.48 bits per heavy atom. The summed E-state index contributed by atoms with van der Waals surface area (Å²) in [6, 6.07) is 14.1. The van der Waals surface area contributed by atoms with Crippen LogP contribution in [-0.2, 0) is 16.0 Å². The van der Waals surface area contributed by atoms with Crippen LogP contribution in [0.5, 0.6) is 0 Å². The van der Waals surface area contributed by atoms with Gasteiger partial charge in [-0.3, -0.25) is 19.7 Å². The Hall–Kier alpha value is -3.52. The molecule has 0 spiro atoms. The van der Waals surface area contributed by atoms with E-state index in [0.29, 0.717) is 27.8 Å². The number of anilines is 3. The molecule has 3 N–H and O–H groups in total. The lowest BCUT2D eigenvalue weighted by Gasteiger charge is -2.10. The van der Waals surface area contributed by atoms with Crippen LogP contribution in [0.3, 0.4) is 0 Å². The third kappa shape index (κ3) is 5.73. The summed E-state index contributed by atoms with van der Waals surface area (Å²) < 4.78 is 0. The van der Waals surface area contributed by atoms with Gasteiger partial charge in [-0.15, -0.1) is 11.3 Å². The second-order valence-corrected chi connectivity index (χ2v) is 7.26. The normalized spacial score (nSPS) is 10.3. The molecule has 2 aromatic carbocycles. The van der Waals surface area contributed by atoms with Gasteiger partial charge in [-0.1, -0.05) is 24.3 Å². The monoisotopic (exact) mass is 408 g/mol. The number of carbonyl (C=O) groups is 3. The minimum atomic E-state index is -0.249. The average Bonchev–Trinajstić information content (AvgIpc) is 3.11. The van der Waals surface area contributed by atoms with Crippen molar-refractivity contribution in [2.24, 2.45) is 0 Å². The van der Waals surface area contributed by atoms with Gasteiger partial charge in [-0.05, 0) is 36.8 Å². The average molecular weight is 408 g/mol. The van der Waals surface area contributed by atoms with Gasteiger partial charge in [0.25, 0.3) is 5.91 Å². The first-order chi connectivity index (χ1) is 13.9. The number of aromatic nitrogens is 1. The van der Waals surface area contributed by atoms with Crippen molar-refractivity contribution in [1.29, 1.82) is 0 Å². The minimum Gasteiger partial charge on any atom is -0.326 e. The van der Waals surface area contributed by atoms with Gasteiger partial charge in [-0.25, -0.2) is 4.98 Å². The van der Waals surface area contributed by atoms with Crippen molar-refractivity contribution < 1.29 is 14.4 Å². The summed E-state index contributed by atoms with van der Waals surface area (Å²) in [6.07, 6.45) is 0.0709. The molecule has 0 bridgehead atoms. The lowest BCUT2D eigenvalue weighted by molar-refractivity contribution is -0.116. The Balaban J connectivity index is 1.60. The van der Waals surface area contributed by atoms with Crippen LogP contribution in [0.2, 0.25) is 0 Å². The number of nitrogens with one attached hydrogen (secondary N) is 3. The molecule has 1 heterocycles. The summed E-state index contributed by atoms with van der Waals surface area (Å²) >= 11 is 1.26. The molecular weight excluding hydrogens is 388 g/mol. The second kappa shape index (κ2) is 9.11. The maximum atomic E-state index is 12.4. The zero-order valence-electron chi connectivity index (χ0n) is 16.0. The van der Waals surface area contributed by atoms with Gasteiger partial charge in [0.15, 0.2) is 5.13 Å². The molecule has 7 nitrogen and oxygen atoms in total. The summed E-state index contributed by atoms with van der Waals surface area (Å²) in [6.45, 7) is 3.29. The van der Waals surface area contributed by atoms with Crippen LogP contribution < -0.4 is 16.0 Å². The van der Waals surface area contributed by atoms with Gasteiger partial charge in [0.05, 0.1) is 12.1 Å². The van der Waals surface area contributed by atoms with Crippen molar-refractivity contribution in [1.82, 2.24) is 4.98 Å². The molecule has 0 aliphatic carbocycles. The Morgan fingerprint density at radius 1 is 1.00 bits per heavy atom. The number of aryl methyl sites for hydroxylation is 1. The number of thiazole rings is 1. The molecule has 0 saturated carbocycles. The van der Waals surface area contributed by atoms with E-state index < -0.39 is 0 Å². The van der Waals surface area contributed by atoms with Crippen LogP contribution in [0, 0.1) is 6.92 Å². The Labute approximate surface area is 172 Å². The zero-order valence-corrected chi connectivity index (χ0v) is 16.8. The van der Waals surface area contributed by atoms with Crippen LogP contribution >= 0.6 is 11.3 Å². The van der Waals surface area contributed by atoms with Gasteiger partial charge in [0.1, 0.15) is 0 Å². The Morgan fingerprint density at radius 2 is 1.76 bits per heavy atom. The third-order valence-corrected chi connectivity index (χ3v) is 4.79. The molecule has 148 valence electrons. The zero-order chi connectivity index (χ0) is 20.8. The molecule has 0 radical (unpaired) electrons. The fourth-order valence-corrected chi connectivity index (χ4v) is 3.31. The summed E-state index contributed by atoms with van der Waals surface area (Å²) in [4.78, 5) is 40.1. The van der Waals surface area contributed by atoms with E-state index >= 15 is 0 Å². The molecule has 8 heteroatoms. The van der Waals surface area contributed by atoms with Crippen molar-refractivity contribution in [2.75, 3.05) is 16.0 Å². The minimum absolute atomic E-state index is 0.0709. The maximum Gasteiger partial charge on any atom is 0.257 e. The highest BCUT2D eigenvalue weighted by atomic mass is 32.1. The van der Waals surface area contributed by atoms with E-state index in [1.165, 1.54) is 18.3 Å². The standard InChI is InChI=1S/C21H20N4O3S/c1-13-8-9-16(22-14(2)26)10-18(13)24-19(27)11-17-12-29-21(23-17)25-20(28)15-6-4-3-5-7-15/h3-10,12H,11H2,1-2H3,(H,22,26)(H,24,27)(H,23,25,28). The van der Waals surface area contributed by atoms with E-state index in [0.717, 1.165) is 5.56 Å². The van der Waals surface area contributed by atoms with Crippen molar-refractivity contribution in [3.05, 3.63) is 70.7 Å². The fraction of sp³-hybridized carbons (Fsp3) is 0.143. The third-order valence-electron chi connectivity index (χ3n) is 3.98. The summed E-state index contributed by atoms with van der Waals surface area (Å²) in [5.74, 6) is -0.667. The van der Waals surface area contributed by atoms with E-state index in [9.17, 15) is 14.4 Å². The first kappa shape index (κ1) is 20.2. The Kier molecular flexibility index (Phi) is 6.36. The van der Waals surface area contributed by atoms with Crippen molar-refractivity contribution in [3.63, 3.8) is 0 Å². The van der Waals surface area contributed by atoms with Crippen LogP contribution in [0.4, 0.5) is 16.5 Å². The topological polar surface area (TPSA) is 100 Å². The summed E-state index contributed by atoms with van der Waals surface area (Å²) in [7, 11) is 0. The maximum absolute atomic E-state index is 12.4. The van der Waals surface area contributed by atoms with Crippen LogP contribution in [0.1, 0.15) is 28.5 Å². The molecule has 1 aromatic heterocycles. The number of benzene rings is 2.